The Morgan fingerprint density at radius 1 is 1.38 bits per heavy atom. The summed E-state index contributed by atoms with van der Waals surface area (Å²) in [5.41, 5.74) is 5.88. The summed E-state index contributed by atoms with van der Waals surface area (Å²) in [4.78, 5) is 4.30. The first-order valence-corrected chi connectivity index (χ1v) is 9.10. The molecule has 7 heteroatoms. The number of thiocarbonyl (C=S) groups is 1. The Labute approximate surface area is 130 Å². The Kier molecular flexibility index (Phi) is 3.98. The van der Waals surface area contributed by atoms with Crippen LogP contribution in [0.5, 0.6) is 0 Å². The van der Waals surface area contributed by atoms with E-state index in [4.69, 9.17) is 18.0 Å². The third kappa shape index (κ3) is 3.09. The van der Waals surface area contributed by atoms with Crippen LogP contribution in [0, 0.1) is 17.8 Å². The van der Waals surface area contributed by atoms with Gasteiger partial charge >= 0.3 is 0 Å². The van der Waals surface area contributed by atoms with E-state index in [1.807, 2.05) is 0 Å². The topological polar surface area (TPSA) is 85.1 Å². The van der Waals surface area contributed by atoms with E-state index in [0.29, 0.717) is 24.1 Å². The van der Waals surface area contributed by atoms with Crippen LogP contribution in [0.2, 0.25) is 0 Å². The number of hydrogen-bond acceptors (Lipinski definition) is 4. The van der Waals surface area contributed by atoms with E-state index in [9.17, 15) is 8.42 Å². The maximum Gasteiger partial charge on any atom is 0.242 e. The van der Waals surface area contributed by atoms with Gasteiger partial charge in [-0.3, -0.25) is 4.98 Å². The van der Waals surface area contributed by atoms with Gasteiger partial charge in [-0.15, -0.1) is 0 Å². The van der Waals surface area contributed by atoms with Crippen LogP contribution < -0.4 is 10.5 Å². The zero-order chi connectivity index (χ0) is 15.0. The summed E-state index contributed by atoms with van der Waals surface area (Å²) in [6, 6.07) is 3.03. The molecule has 0 spiro atoms. The highest BCUT2D eigenvalue weighted by Gasteiger charge is 2.39. The van der Waals surface area contributed by atoms with E-state index in [1.165, 1.54) is 37.6 Å². The zero-order valence-corrected chi connectivity index (χ0v) is 13.3. The molecule has 1 aromatic heterocycles. The minimum atomic E-state index is -3.50. The van der Waals surface area contributed by atoms with Crippen molar-refractivity contribution in [3.63, 3.8) is 0 Å². The van der Waals surface area contributed by atoms with Gasteiger partial charge in [0.25, 0.3) is 0 Å². The molecule has 0 aromatic carbocycles. The number of rotatable bonds is 5. The van der Waals surface area contributed by atoms with E-state index < -0.39 is 10.0 Å². The van der Waals surface area contributed by atoms with Gasteiger partial charge in [-0.2, -0.15) is 0 Å². The largest absolute Gasteiger partial charge is 0.388 e. The van der Waals surface area contributed by atoms with Crippen molar-refractivity contribution in [3.05, 3.63) is 24.0 Å². The van der Waals surface area contributed by atoms with Gasteiger partial charge in [0, 0.05) is 12.7 Å². The summed E-state index contributed by atoms with van der Waals surface area (Å²) in [5, 5.41) is 0. The molecule has 2 bridgehead atoms. The van der Waals surface area contributed by atoms with Crippen molar-refractivity contribution in [1.29, 1.82) is 0 Å². The minimum Gasteiger partial charge on any atom is -0.388 e. The summed E-state index contributed by atoms with van der Waals surface area (Å²) in [5.74, 6) is 2.01. The third-order valence-corrected chi connectivity index (χ3v) is 6.34. The highest BCUT2D eigenvalue weighted by molar-refractivity contribution is 7.89. The van der Waals surface area contributed by atoms with Gasteiger partial charge in [0.15, 0.2) is 0 Å². The molecule has 1 heterocycles. The summed E-state index contributed by atoms with van der Waals surface area (Å²) >= 11 is 4.80. The molecule has 2 fully saturated rings. The minimum absolute atomic E-state index is 0.158. The van der Waals surface area contributed by atoms with E-state index in [2.05, 4.69) is 9.71 Å². The highest BCUT2D eigenvalue weighted by Crippen LogP contribution is 2.48. The first-order valence-electron chi connectivity index (χ1n) is 7.21. The highest BCUT2D eigenvalue weighted by atomic mass is 32.2. The number of nitrogens with zero attached hydrogens (tertiary/aromatic N) is 1. The van der Waals surface area contributed by atoms with E-state index in [-0.39, 0.29) is 9.88 Å². The van der Waals surface area contributed by atoms with Crippen molar-refractivity contribution >= 4 is 27.2 Å². The van der Waals surface area contributed by atoms with Crippen molar-refractivity contribution in [2.45, 2.75) is 30.6 Å². The van der Waals surface area contributed by atoms with Crippen LogP contribution in [0.15, 0.2) is 23.2 Å². The van der Waals surface area contributed by atoms with Gasteiger partial charge in [-0.1, -0.05) is 18.6 Å². The zero-order valence-electron chi connectivity index (χ0n) is 11.7. The van der Waals surface area contributed by atoms with Gasteiger partial charge in [-0.25, -0.2) is 13.1 Å². The first kappa shape index (κ1) is 14.9. The molecular weight excluding hydrogens is 306 g/mol. The summed E-state index contributed by atoms with van der Waals surface area (Å²) in [6.45, 7) is 0.528. The van der Waals surface area contributed by atoms with E-state index >= 15 is 0 Å². The molecule has 3 rings (SSSR count). The number of nitrogens with two attached hydrogens (primary N) is 1. The number of sulfonamides is 1. The fraction of sp³-hybridized carbons (Fsp3) is 0.571. The maximum absolute atomic E-state index is 12.3. The molecule has 0 radical (unpaired) electrons. The Balaban J connectivity index is 1.65. The number of hydrogen-bond donors (Lipinski definition) is 2. The van der Waals surface area contributed by atoms with Gasteiger partial charge in [0.1, 0.15) is 9.88 Å². The van der Waals surface area contributed by atoms with Crippen LogP contribution in [0.3, 0.4) is 0 Å². The second-order valence-electron chi connectivity index (χ2n) is 6.03. The summed E-state index contributed by atoms with van der Waals surface area (Å²) in [7, 11) is -3.50. The summed E-state index contributed by atoms with van der Waals surface area (Å²) < 4.78 is 27.2. The molecule has 5 nitrogen and oxygen atoms in total. The molecule has 114 valence electrons. The molecule has 0 amide bonds. The number of fused-ring (bicyclic) bond motifs is 2. The predicted molar refractivity (Wildman–Crippen MR) is 84.3 cm³/mol. The molecule has 2 aliphatic carbocycles. The van der Waals surface area contributed by atoms with Crippen molar-refractivity contribution in [3.8, 4) is 0 Å². The second-order valence-corrected chi connectivity index (χ2v) is 8.24. The van der Waals surface area contributed by atoms with Gasteiger partial charge in [0.05, 0.1) is 5.69 Å². The van der Waals surface area contributed by atoms with Crippen molar-refractivity contribution < 1.29 is 8.42 Å². The SMILES string of the molecule is NC(=S)c1ccc(S(=O)(=O)NCC2CC3CCC2C3)cn1. The quantitative estimate of drug-likeness (QED) is 0.800. The molecule has 3 atom stereocenters. The van der Waals surface area contributed by atoms with Gasteiger partial charge in [-0.05, 0) is 49.1 Å². The molecule has 0 saturated heterocycles. The summed E-state index contributed by atoms with van der Waals surface area (Å²) in [6.07, 6.45) is 6.31. The van der Waals surface area contributed by atoms with Crippen LogP contribution in [0.4, 0.5) is 0 Å². The van der Waals surface area contributed by atoms with Crippen LogP contribution in [0.1, 0.15) is 31.4 Å². The monoisotopic (exact) mass is 325 g/mol. The molecule has 3 unspecified atom stereocenters. The fourth-order valence-corrected chi connectivity index (χ4v) is 4.77. The molecule has 0 aliphatic heterocycles. The normalized spacial score (nSPS) is 27.9. The van der Waals surface area contributed by atoms with E-state index in [0.717, 1.165) is 12.3 Å². The lowest BCUT2D eigenvalue weighted by Crippen LogP contribution is -2.31. The second kappa shape index (κ2) is 5.62. The van der Waals surface area contributed by atoms with Crippen molar-refractivity contribution in [2.75, 3.05) is 6.54 Å². The average molecular weight is 325 g/mol. The molecule has 21 heavy (non-hydrogen) atoms. The van der Waals surface area contributed by atoms with Crippen molar-refractivity contribution in [2.24, 2.45) is 23.5 Å². The molecule has 3 N–H and O–H groups in total. The number of nitrogens with one attached hydrogen (secondary N) is 1. The Bertz CT molecular complexity index is 643. The molecule has 2 saturated carbocycles. The smallest absolute Gasteiger partial charge is 0.242 e. The van der Waals surface area contributed by atoms with Crippen LogP contribution in [0.25, 0.3) is 0 Å². The number of pyridine rings is 1. The Hall–Kier alpha value is -1.05. The van der Waals surface area contributed by atoms with Crippen LogP contribution in [-0.4, -0.2) is 24.9 Å². The fourth-order valence-electron chi connectivity index (χ4n) is 3.61. The lowest BCUT2D eigenvalue weighted by molar-refractivity contribution is 0.333. The van der Waals surface area contributed by atoms with Crippen LogP contribution >= 0.6 is 12.2 Å². The Morgan fingerprint density at radius 3 is 2.71 bits per heavy atom. The van der Waals surface area contributed by atoms with Crippen LogP contribution in [-0.2, 0) is 10.0 Å². The lowest BCUT2D eigenvalue weighted by atomic mass is 9.89. The Morgan fingerprint density at radius 2 is 2.19 bits per heavy atom. The average Bonchev–Trinajstić information content (AvgIpc) is 3.08. The predicted octanol–water partition coefficient (Wildman–Crippen LogP) is 1.43. The van der Waals surface area contributed by atoms with Gasteiger partial charge < -0.3 is 5.73 Å². The molecule has 2 aliphatic rings. The number of aromatic nitrogens is 1. The standard InChI is InChI=1S/C14H19N3O2S2/c15-14(20)13-4-3-12(8-16-13)21(18,19)17-7-11-6-9-1-2-10(11)5-9/h3-4,8-11,17H,1-2,5-7H2,(H2,15,20). The van der Waals surface area contributed by atoms with Crippen molar-refractivity contribution in [1.82, 2.24) is 9.71 Å². The lowest BCUT2D eigenvalue weighted by Gasteiger charge is -2.21. The maximum atomic E-state index is 12.3. The molecular formula is C14H19N3O2S2. The van der Waals surface area contributed by atoms with Gasteiger partial charge in [0.2, 0.25) is 10.0 Å². The van der Waals surface area contributed by atoms with E-state index in [1.54, 1.807) is 0 Å². The third-order valence-electron chi connectivity index (χ3n) is 4.72. The molecule has 1 aromatic rings. The first-order chi connectivity index (χ1) is 9.95.